The van der Waals surface area contributed by atoms with Gasteiger partial charge in [-0.3, -0.25) is 9.78 Å². The van der Waals surface area contributed by atoms with E-state index in [4.69, 9.17) is 11.6 Å². The Kier molecular flexibility index (Phi) is 5.11. The third-order valence-corrected chi connectivity index (χ3v) is 5.13. The van der Waals surface area contributed by atoms with Crippen molar-refractivity contribution >= 4 is 43.9 Å². The van der Waals surface area contributed by atoms with E-state index < -0.39 is 22.3 Å². The molecule has 3 aromatic rings. The Morgan fingerprint density at radius 1 is 1.37 bits per heavy atom. The highest BCUT2D eigenvalue weighted by Gasteiger charge is 2.19. The largest absolute Gasteiger partial charge is 0.333 e. The van der Waals surface area contributed by atoms with Crippen molar-refractivity contribution in [1.29, 1.82) is 0 Å². The molecule has 2 aromatic heterocycles. The van der Waals surface area contributed by atoms with Gasteiger partial charge in [0.2, 0.25) is 5.91 Å². The second-order valence-electron chi connectivity index (χ2n) is 5.72. The second-order valence-corrected chi connectivity index (χ2v) is 8.11. The molecule has 11 heteroatoms. The molecule has 0 aliphatic carbocycles. The van der Waals surface area contributed by atoms with Crippen LogP contribution in [0.25, 0.3) is 10.9 Å². The molecule has 1 N–H and O–H groups in total. The average molecular weight is 415 g/mol. The first kappa shape index (κ1) is 19.2. The second kappa shape index (κ2) is 7.20. The summed E-state index contributed by atoms with van der Waals surface area (Å²) in [5, 5.41) is 6.55. The smallest absolute Gasteiger partial charge is 0.326 e. The lowest BCUT2D eigenvalue weighted by atomic mass is 10.2. The van der Waals surface area contributed by atoms with Crippen LogP contribution in [0.1, 0.15) is 12.2 Å². The van der Waals surface area contributed by atoms with Gasteiger partial charge in [0.25, 0.3) is 0 Å². The minimum Gasteiger partial charge on any atom is -0.326 e. The summed E-state index contributed by atoms with van der Waals surface area (Å²) in [7, 11) is -3.75. The summed E-state index contributed by atoms with van der Waals surface area (Å²) in [6.07, 6.45) is 3.24. The van der Waals surface area contributed by atoms with Crippen LogP contribution in [0.2, 0.25) is 5.02 Å². The highest BCUT2D eigenvalue weighted by atomic mass is 35.5. The quantitative estimate of drug-likeness (QED) is 0.692. The Balaban J connectivity index is 1.97. The molecule has 0 unspecified atom stereocenters. The highest BCUT2D eigenvalue weighted by Crippen LogP contribution is 2.28. The molecule has 0 atom stereocenters. The first-order valence-corrected chi connectivity index (χ1v) is 9.82. The molecule has 2 heterocycles. The lowest BCUT2D eigenvalue weighted by Crippen LogP contribution is -2.15. The van der Waals surface area contributed by atoms with Crippen molar-refractivity contribution in [2.75, 3.05) is 11.6 Å². The summed E-state index contributed by atoms with van der Waals surface area (Å²) in [4.78, 5) is 16.0. The van der Waals surface area contributed by atoms with Gasteiger partial charge in [-0.2, -0.15) is 13.9 Å². The summed E-state index contributed by atoms with van der Waals surface area (Å²) in [6, 6.07) is 5.73. The van der Waals surface area contributed by atoms with Gasteiger partial charge in [-0.15, -0.1) is 0 Å². The van der Waals surface area contributed by atoms with Crippen molar-refractivity contribution in [1.82, 2.24) is 14.8 Å². The number of sulfone groups is 1. The van der Waals surface area contributed by atoms with E-state index in [1.807, 2.05) is 0 Å². The fourth-order valence-corrected chi connectivity index (χ4v) is 3.58. The number of carbonyl (C=O) groups excluding carboxylic acids is 1. The number of halogens is 3. The van der Waals surface area contributed by atoms with Gasteiger partial charge in [0.05, 0.1) is 27.5 Å². The number of carbonyl (C=O) groups is 1. The SMILES string of the molecule is CS(=O)(=O)c1cc(NC(=O)Cc2ncccc2Cl)cc2nn(C(F)F)cc12. The third kappa shape index (κ3) is 4.22. The molecule has 0 radical (unpaired) electrons. The van der Waals surface area contributed by atoms with Crippen LogP contribution in [0.4, 0.5) is 14.5 Å². The monoisotopic (exact) mass is 414 g/mol. The van der Waals surface area contributed by atoms with Crippen LogP contribution >= 0.6 is 11.6 Å². The number of anilines is 1. The van der Waals surface area contributed by atoms with E-state index >= 15 is 0 Å². The van der Waals surface area contributed by atoms with Crippen molar-refractivity contribution in [2.45, 2.75) is 17.9 Å². The number of aromatic nitrogens is 3. The topological polar surface area (TPSA) is 93.9 Å². The number of hydrogen-bond donors (Lipinski definition) is 1. The Bertz CT molecular complexity index is 1130. The number of amides is 1. The Hall–Kier alpha value is -2.59. The van der Waals surface area contributed by atoms with Crippen molar-refractivity contribution in [3.8, 4) is 0 Å². The van der Waals surface area contributed by atoms with Gasteiger partial charge < -0.3 is 5.32 Å². The summed E-state index contributed by atoms with van der Waals surface area (Å²) in [6.45, 7) is -2.92. The molecule has 1 amide bonds. The van der Waals surface area contributed by atoms with E-state index in [-0.39, 0.29) is 27.9 Å². The summed E-state index contributed by atoms with van der Waals surface area (Å²) in [5.41, 5.74) is 0.479. The van der Waals surface area contributed by atoms with Crippen LogP contribution in [0.3, 0.4) is 0 Å². The number of alkyl halides is 2. The van der Waals surface area contributed by atoms with Gasteiger partial charge in [-0.1, -0.05) is 11.6 Å². The lowest BCUT2D eigenvalue weighted by molar-refractivity contribution is -0.115. The molecular formula is C16H13ClF2N4O3S. The molecule has 0 saturated heterocycles. The fourth-order valence-electron chi connectivity index (χ4n) is 2.49. The third-order valence-electron chi connectivity index (χ3n) is 3.65. The zero-order valence-electron chi connectivity index (χ0n) is 13.9. The Morgan fingerprint density at radius 3 is 2.74 bits per heavy atom. The zero-order valence-corrected chi connectivity index (χ0v) is 15.4. The van der Waals surface area contributed by atoms with E-state index in [0.29, 0.717) is 15.4 Å². The van der Waals surface area contributed by atoms with Crippen molar-refractivity contribution in [3.05, 3.63) is 47.4 Å². The van der Waals surface area contributed by atoms with E-state index in [2.05, 4.69) is 15.4 Å². The van der Waals surface area contributed by atoms with Gasteiger partial charge in [-0.25, -0.2) is 13.1 Å². The minimum atomic E-state index is -3.75. The van der Waals surface area contributed by atoms with Crippen LogP contribution < -0.4 is 5.32 Å². The molecule has 0 spiro atoms. The lowest BCUT2D eigenvalue weighted by Gasteiger charge is -2.08. The molecule has 3 rings (SSSR count). The highest BCUT2D eigenvalue weighted by molar-refractivity contribution is 7.91. The molecule has 0 fully saturated rings. The number of benzene rings is 1. The number of rotatable bonds is 5. The van der Waals surface area contributed by atoms with Crippen LogP contribution in [0.5, 0.6) is 0 Å². The van der Waals surface area contributed by atoms with Gasteiger partial charge in [-0.05, 0) is 24.3 Å². The maximum atomic E-state index is 12.9. The molecule has 0 aliphatic rings. The average Bonchev–Trinajstić information content (AvgIpc) is 2.99. The van der Waals surface area contributed by atoms with Crippen molar-refractivity contribution < 1.29 is 22.0 Å². The summed E-state index contributed by atoms with van der Waals surface area (Å²) < 4.78 is 50.2. The van der Waals surface area contributed by atoms with Crippen LogP contribution in [-0.2, 0) is 21.1 Å². The first-order valence-electron chi connectivity index (χ1n) is 7.55. The van der Waals surface area contributed by atoms with Gasteiger partial charge in [0.15, 0.2) is 9.84 Å². The number of nitrogens with zero attached hydrogens (tertiary/aromatic N) is 3. The fraction of sp³-hybridized carbons (Fsp3) is 0.188. The van der Waals surface area contributed by atoms with Crippen LogP contribution in [0, 0.1) is 0 Å². The molecule has 0 saturated carbocycles. The molecular weight excluding hydrogens is 402 g/mol. The van der Waals surface area contributed by atoms with E-state index in [1.54, 1.807) is 12.1 Å². The molecule has 0 aliphatic heterocycles. The molecule has 0 bridgehead atoms. The maximum absolute atomic E-state index is 12.9. The van der Waals surface area contributed by atoms with Crippen molar-refractivity contribution in [2.24, 2.45) is 0 Å². The van der Waals surface area contributed by atoms with Gasteiger partial charge in [0.1, 0.15) is 0 Å². The molecule has 1 aromatic carbocycles. The first-order chi connectivity index (χ1) is 12.6. The predicted octanol–water partition coefficient (Wildman–Crippen LogP) is 3.06. The zero-order chi connectivity index (χ0) is 19.8. The van der Waals surface area contributed by atoms with E-state index in [9.17, 15) is 22.0 Å². The van der Waals surface area contributed by atoms with E-state index in [1.165, 1.54) is 18.3 Å². The standard InChI is InChI=1S/C16H13ClF2N4O3S/c1-27(25,26)14-6-9(5-12-10(14)8-23(22-12)16(18)19)21-15(24)7-13-11(17)3-2-4-20-13/h2-6,8,16H,7H2,1H3,(H,21,24). The van der Waals surface area contributed by atoms with Crippen LogP contribution in [-0.4, -0.2) is 35.3 Å². The normalized spacial score (nSPS) is 11.9. The molecule has 142 valence electrons. The summed E-state index contributed by atoms with van der Waals surface area (Å²) >= 11 is 5.96. The van der Waals surface area contributed by atoms with Gasteiger partial charge >= 0.3 is 6.55 Å². The minimum absolute atomic E-state index is 0.0180. The van der Waals surface area contributed by atoms with Gasteiger partial charge in [0, 0.05) is 29.7 Å². The Labute approximate surface area is 157 Å². The molecule has 7 nitrogen and oxygen atoms in total. The number of hydrogen-bond acceptors (Lipinski definition) is 5. The Morgan fingerprint density at radius 2 is 2.11 bits per heavy atom. The number of nitrogens with one attached hydrogen (secondary N) is 1. The van der Waals surface area contributed by atoms with Crippen molar-refractivity contribution in [3.63, 3.8) is 0 Å². The summed E-state index contributed by atoms with van der Waals surface area (Å²) in [5.74, 6) is -0.498. The number of pyridine rings is 1. The number of fused-ring (bicyclic) bond motifs is 1. The molecule has 27 heavy (non-hydrogen) atoms. The van der Waals surface area contributed by atoms with Crippen LogP contribution in [0.15, 0.2) is 41.6 Å². The van der Waals surface area contributed by atoms with E-state index in [0.717, 1.165) is 12.5 Å². The maximum Gasteiger partial charge on any atom is 0.333 e. The predicted molar refractivity (Wildman–Crippen MR) is 95.7 cm³/mol.